The van der Waals surface area contributed by atoms with Crippen LogP contribution in [0.2, 0.25) is 0 Å². The van der Waals surface area contributed by atoms with Crippen LogP contribution in [-0.2, 0) is 6.42 Å². The van der Waals surface area contributed by atoms with Crippen molar-refractivity contribution in [2.24, 2.45) is 0 Å². The van der Waals surface area contributed by atoms with Crippen LogP contribution < -0.4 is 5.73 Å². The van der Waals surface area contributed by atoms with Crippen molar-refractivity contribution in [1.29, 1.82) is 0 Å². The van der Waals surface area contributed by atoms with Crippen molar-refractivity contribution in [3.63, 3.8) is 0 Å². The molecule has 0 saturated carbocycles. The van der Waals surface area contributed by atoms with Gasteiger partial charge in [-0.15, -0.1) is 0 Å². The third-order valence-electron chi connectivity index (χ3n) is 3.26. The molecule has 83 valence electrons. The Hall–Kier alpha value is -1.86. The number of hydrogen-bond donors (Lipinski definition) is 0. The zero-order valence-corrected chi connectivity index (χ0v) is 9.61. The summed E-state index contributed by atoms with van der Waals surface area (Å²) in [4.78, 5) is 0. The maximum Gasteiger partial charge on any atom is 0.0141 e. The molecule has 1 heteroatoms. The summed E-state index contributed by atoms with van der Waals surface area (Å²) in [6.07, 6.45) is 0.821. The fourth-order valence-corrected chi connectivity index (χ4v) is 2.50. The molecule has 0 aliphatic carbocycles. The van der Waals surface area contributed by atoms with Gasteiger partial charge < -0.3 is 0 Å². The molecule has 3 aromatic carbocycles. The molecule has 0 bridgehead atoms. The molecule has 0 saturated heterocycles. The van der Waals surface area contributed by atoms with E-state index in [1.165, 1.54) is 27.1 Å². The van der Waals surface area contributed by atoms with Crippen LogP contribution in [-0.4, -0.2) is 6.54 Å². The molecule has 1 nitrogen and oxygen atoms in total. The minimum atomic E-state index is 0.442. The third-order valence-corrected chi connectivity index (χ3v) is 3.26. The van der Waals surface area contributed by atoms with Crippen LogP contribution in [0.1, 0.15) is 5.56 Å². The Morgan fingerprint density at radius 2 is 1.29 bits per heavy atom. The van der Waals surface area contributed by atoms with Crippen molar-refractivity contribution < 1.29 is 0 Å². The highest BCUT2D eigenvalue weighted by atomic mass is 14.5. The van der Waals surface area contributed by atoms with Gasteiger partial charge in [0.15, 0.2) is 0 Å². The van der Waals surface area contributed by atoms with Gasteiger partial charge >= 0.3 is 0 Å². The largest absolute Gasteiger partial charge is 0.258 e. The van der Waals surface area contributed by atoms with Crippen molar-refractivity contribution in [3.05, 3.63) is 60.2 Å². The Morgan fingerprint density at radius 3 is 1.82 bits per heavy atom. The van der Waals surface area contributed by atoms with Crippen molar-refractivity contribution in [1.82, 2.24) is 5.73 Å². The quantitative estimate of drug-likeness (QED) is 0.586. The van der Waals surface area contributed by atoms with Gasteiger partial charge in [0, 0.05) is 6.54 Å². The van der Waals surface area contributed by atoms with Gasteiger partial charge in [0.05, 0.1) is 0 Å². The van der Waals surface area contributed by atoms with Gasteiger partial charge in [0.2, 0.25) is 0 Å². The molecule has 0 spiro atoms. The van der Waals surface area contributed by atoms with Gasteiger partial charge in [0.1, 0.15) is 0 Å². The van der Waals surface area contributed by atoms with E-state index in [9.17, 15) is 0 Å². The first-order valence-corrected chi connectivity index (χ1v) is 5.94. The van der Waals surface area contributed by atoms with Crippen LogP contribution in [0.15, 0.2) is 54.6 Å². The summed E-state index contributed by atoms with van der Waals surface area (Å²) < 4.78 is 0. The van der Waals surface area contributed by atoms with Gasteiger partial charge in [-0.25, -0.2) is 0 Å². The Kier molecular flexibility index (Phi) is 2.54. The first-order chi connectivity index (χ1) is 8.40. The maximum absolute atomic E-state index is 7.49. The fourth-order valence-electron chi connectivity index (χ4n) is 2.50. The van der Waals surface area contributed by atoms with E-state index in [4.69, 9.17) is 5.73 Å². The third kappa shape index (κ3) is 1.69. The number of benzene rings is 3. The van der Waals surface area contributed by atoms with Gasteiger partial charge in [-0.3, -0.25) is 5.73 Å². The van der Waals surface area contributed by atoms with E-state index >= 15 is 0 Å². The summed E-state index contributed by atoms with van der Waals surface area (Å²) in [6.45, 7) is 0.442. The summed E-state index contributed by atoms with van der Waals surface area (Å²) in [6, 6.07) is 19.1. The minimum Gasteiger partial charge on any atom is -0.258 e. The molecule has 0 aromatic heterocycles. The smallest absolute Gasteiger partial charge is 0.0141 e. The van der Waals surface area contributed by atoms with Crippen molar-refractivity contribution in [2.45, 2.75) is 6.42 Å². The lowest BCUT2D eigenvalue weighted by atomic mass is 9.95. The van der Waals surface area contributed by atoms with Gasteiger partial charge in [-0.05, 0) is 39.6 Å². The fraction of sp³-hybridized carbons (Fsp3) is 0.125. The SMILES string of the molecule is [NH]CCc1c2ccccc2cc2ccccc12. The van der Waals surface area contributed by atoms with E-state index in [2.05, 4.69) is 54.6 Å². The molecular formula is C16H14N. The average molecular weight is 220 g/mol. The van der Waals surface area contributed by atoms with E-state index < -0.39 is 0 Å². The van der Waals surface area contributed by atoms with Gasteiger partial charge in [0.25, 0.3) is 0 Å². The van der Waals surface area contributed by atoms with E-state index in [1.807, 2.05) is 0 Å². The summed E-state index contributed by atoms with van der Waals surface area (Å²) in [5.41, 5.74) is 8.80. The molecule has 0 unspecified atom stereocenters. The zero-order valence-electron chi connectivity index (χ0n) is 9.61. The number of rotatable bonds is 2. The molecule has 0 aliphatic heterocycles. The molecular weight excluding hydrogens is 206 g/mol. The summed E-state index contributed by atoms with van der Waals surface area (Å²) >= 11 is 0. The molecule has 17 heavy (non-hydrogen) atoms. The van der Waals surface area contributed by atoms with Gasteiger partial charge in [-0.2, -0.15) is 0 Å². The van der Waals surface area contributed by atoms with Crippen LogP contribution >= 0.6 is 0 Å². The highest BCUT2D eigenvalue weighted by Crippen LogP contribution is 2.28. The van der Waals surface area contributed by atoms with Crippen LogP contribution in [0, 0.1) is 0 Å². The van der Waals surface area contributed by atoms with E-state index in [1.54, 1.807) is 0 Å². The second-order valence-electron chi connectivity index (χ2n) is 4.30. The molecule has 0 aliphatic rings. The van der Waals surface area contributed by atoms with E-state index in [-0.39, 0.29) is 0 Å². The molecule has 0 amide bonds. The Bertz CT molecular complexity index is 616. The monoisotopic (exact) mass is 220 g/mol. The van der Waals surface area contributed by atoms with Crippen LogP contribution in [0.25, 0.3) is 21.5 Å². The maximum atomic E-state index is 7.49. The zero-order chi connectivity index (χ0) is 11.7. The average Bonchev–Trinajstić information content (AvgIpc) is 2.39. The highest BCUT2D eigenvalue weighted by molar-refractivity contribution is 6.02. The Morgan fingerprint density at radius 1 is 0.765 bits per heavy atom. The van der Waals surface area contributed by atoms with E-state index in [0.29, 0.717) is 6.54 Å². The van der Waals surface area contributed by atoms with Crippen LogP contribution in [0.3, 0.4) is 0 Å². The number of fused-ring (bicyclic) bond motifs is 2. The molecule has 1 N–H and O–H groups in total. The predicted molar refractivity (Wildman–Crippen MR) is 73.1 cm³/mol. The van der Waals surface area contributed by atoms with Crippen molar-refractivity contribution in [3.8, 4) is 0 Å². The molecule has 1 radical (unpaired) electrons. The first kappa shape index (κ1) is 10.3. The van der Waals surface area contributed by atoms with Crippen LogP contribution in [0.4, 0.5) is 0 Å². The molecule has 3 aromatic rings. The van der Waals surface area contributed by atoms with Gasteiger partial charge in [-0.1, -0.05) is 48.5 Å². The summed E-state index contributed by atoms with van der Waals surface area (Å²) in [5, 5.41) is 5.13. The summed E-state index contributed by atoms with van der Waals surface area (Å²) in [5.74, 6) is 0. The van der Waals surface area contributed by atoms with Crippen molar-refractivity contribution in [2.75, 3.05) is 6.54 Å². The predicted octanol–water partition coefficient (Wildman–Crippen LogP) is 3.82. The lowest BCUT2D eigenvalue weighted by Gasteiger charge is -2.10. The minimum absolute atomic E-state index is 0.442. The lowest BCUT2D eigenvalue weighted by Crippen LogP contribution is -1.95. The van der Waals surface area contributed by atoms with Crippen molar-refractivity contribution >= 4 is 21.5 Å². The lowest BCUT2D eigenvalue weighted by molar-refractivity contribution is 0.955. The topological polar surface area (TPSA) is 23.8 Å². The first-order valence-electron chi connectivity index (χ1n) is 5.94. The molecule has 0 heterocycles. The second kappa shape index (κ2) is 4.19. The Balaban J connectivity index is 2.47. The Labute approximate surface area is 101 Å². The highest BCUT2D eigenvalue weighted by Gasteiger charge is 2.05. The van der Waals surface area contributed by atoms with Crippen LogP contribution in [0.5, 0.6) is 0 Å². The number of hydrogen-bond acceptors (Lipinski definition) is 0. The molecule has 0 atom stereocenters. The summed E-state index contributed by atoms with van der Waals surface area (Å²) in [7, 11) is 0. The van der Waals surface area contributed by atoms with E-state index in [0.717, 1.165) is 6.42 Å². The second-order valence-corrected chi connectivity index (χ2v) is 4.30. The molecule has 3 rings (SSSR count). The number of nitrogens with one attached hydrogen (secondary N) is 1. The normalized spacial score (nSPS) is 11.1. The molecule has 0 fully saturated rings. The standard InChI is InChI=1S/C16H14N/c17-10-9-16-14-7-3-1-5-12(14)11-13-6-2-4-8-15(13)16/h1-8,11,17H,9-10H2.